The highest BCUT2D eigenvalue weighted by atomic mass is 35.5. The van der Waals surface area contributed by atoms with Gasteiger partial charge in [-0.1, -0.05) is 17.7 Å². The van der Waals surface area contributed by atoms with Crippen molar-refractivity contribution < 1.29 is 4.79 Å². The maximum atomic E-state index is 12.5. The third-order valence-electron chi connectivity index (χ3n) is 2.82. The van der Waals surface area contributed by atoms with Gasteiger partial charge in [0.25, 0.3) is 5.91 Å². The molecule has 1 aromatic carbocycles. The van der Waals surface area contributed by atoms with Crippen molar-refractivity contribution in [3.05, 3.63) is 51.2 Å². The lowest BCUT2D eigenvalue weighted by Crippen LogP contribution is -2.30. The molecule has 0 saturated heterocycles. The molecule has 1 aromatic heterocycles. The van der Waals surface area contributed by atoms with Crippen molar-refractivity contribution in [2.75, 3.05) is 12.3 Å². The van der Waals surface area contributed by atoms with Crippen LogP contribution in [0.4, 0.5) is 5.69 Å². The maximum Gasteiger partial charge on any atom is 0.255 e. The number of halogens is 1. The molecule has 0 aliphatic carbocycles. The molecule has 3 nitrogen and oxygen atoms in total. The van der Waals surface area contributed by atoms with Gasteiger partial charge in [0.2, 0.25) is 0 Å². The lowest BCUT2D eigenvalue weighted by molar-refractivity contribution is 0.0754. The zero-order valence-corrected chi connectivity index (χ0v) is 12.2. The molecule has 5 heteroatoms. The van der Waals surface area contributed by atoms with Crippen LogP contribution >= 0.6 is 22.9 Å². The molecular weight excluding hydrogens is 280 g/mol. The number of anilines is 1. The first-order valence-electron chi connectivity index (χ1n) is 5.98. The molecule has 2 aromatic rings. The van der Waals surface area contributed by atoms with Crippen molar-refractivity contribution in [1.29, 1.82) is 0 Å². The zero-order chi connectivity index (χ0) is 13.8. The van der Waals surface area contributed by atoms with Gasteiger partial charge < -0.3 is 10.6 Å². The number of hydrogen-bond acceptors (Lipinski definition) is 3. The maximum absolute atomic E-state index is 12.5. The molecule has 0 radical (unpaired) electrons. The Bertz CT molecular complexity index is 569. The monoisotopic (exact) mass is 294 g/mol. The highest BCUT2D eigenvalue weighted by Crippen LogP contribution is 2.22. The molecule has 1 amide bonds. The summed E-state index contributed by atoms with van der Waals surface area (Å²) in [5, 5.41) is 2.44. The highest BCUT2D eigenvalue weighted by molar-refractivity contribution is 7.09. The van der Waals surface area contributed by atoms with Crippen LogP contribution in [0, 0.1) is 0 Å². The molecule has 2 N–H and O–H groups in total. The molecule has 2 rings (SSSR count). The van der Waals surface area contributed by atoms with Crippen LogP contribution in [-0.4, -0.2) is 17.4 Å². The van der Waals surface area contributed by atoms with Crippen LogP contribution in [0.25, 0.3) is 0 Å². The van der Waals surface area contributed by atoms with Crippen molar-refractivity contribution in [3.8, 4) is 0 Å². The summed E-state index contributed by atoms with van der Waals surface area (Å²) in [6.45, 7) is 3.17. The van der Waals surface area contributed by atoms with Gasteiger partial charge in [-0.25, -0.2) is 0 Å². The van der Waals surface area contributed by atoms with E-state index in [-0.39, 0.29) is 5.91 Å². The summed E-state index contributed by atoms with van der Waals surface area (Å²) in [5.41, 5.74) is 6.72. The average molecular weight is 295 g/mol. The van der Waals surface area contributed by atoms with E-state index in [9.17, 15) is 4.79 Å². The van der Waals surface area contributed by atoms with Gasteiger partial charge in [-0.2, -0.15) is 0 Å². The Kier molecular flexibility index (Phi) is 4.45. The minimum absolute atomic E-state index is 0.0896. The van der Waals surface area contributed by atoms with E-state index in [1.54, 1.807) is 34.4 Å². The molecule has 0 unspecified atom stereocenters. The Morgan fingerprint density at radius 1 is 1.42 bits per heavy atom. The first-order valence-corrected chi connectivity index (χ1v) is 7.24. The van der Waals surface area contributed by atoms with E-state index in [0.717, 1.165) is 4.88 Å². The fraction of sp³-hybridized carbons (Fsp3) is 0.214. The van der Waals surface area contributed by atoms with Crippen molar-refractivity contribution in [3.63, 3.8) is 0 Å². The fourth-order valence-electron chi connectivity index (χ4n) is 1.79. The number of carbonyl (C=O) groups excluding carboxylic acids is 1. The van der Waals surface area contributed by atoms with E-state index in [1.165, 1.54) is 0 Å². The first-order chi connectivity index (χ1) is 9.11. The number of nitrogens with two attached hydrogens (primary N) is 1. The summed E-state index contributed by atoms with van der Waals surface area (Å²) in [5.74, 6) is -0.0896. The molecule has 0 fully saturated rings. The van der Waals surface area contributed by atoms with E-state index in [4.69, 9.17) is 17.3 Å². The average Bonchev–Trinajstić information content (AvgIpc) is 2.91. The van der Waals surface area contributed by atoms with E-state index < -0.39 is 0 Å². The summed E-state index contributed by atoms with van der Waals surface area (Å²) in [6.07, 6.45) is 0. The lowest BCUT2D eigenvalue weighted by atomic mass is 10.1. The van der Waals surface area contributed by atoms with Crippen LogP contribution in [0.5, 0.6) is 0 Å². The molecule has 19 heavy (non-hydrogen) atoms. The molecule has 0 atom stereocenters. The summed E-state index contributed by atoms with van der Waals surface area (Å²) in [7, 11) is 0. The summed E-state index contributed by atoms with van der Waals surface area (Å²) < 4.78 is 0. The zero-order valence-electron chi connectivity index (χ0n) is 10.6. The Labute approximate surface area is 121 Å². The lowest BCUT2D eigenvalue weighted by Gasteiger charge is -2.21. The number of amides is 1. The van der Waals surface area contributed by atoms with Gasteiger partial charge in [0.1, 0.15) is 0 Å². The van der Waals surface area contributed by atoms with E-state index in [1.807, 2.05) is 24.4 Å². The Hall–Kier alpha value is -1.52. The van der Waals surface area contributed by atoms with Crippen LogP contribution in [-0.2, 0) is 6.54 Å². The largest absolute Gasteiger partial charge is 0.399 e. The number of hydrogen-bond donors (Lipinski definition) is 1. The standard InChI is InChI=1S/C14H15ClN2OS/c1-2-17(9-11-4-3-7-19-11)14(18)12-8-10(16)5-6-13(12)15/h3-8H,2,9,16H2,1H3. The molecule has 0 aliphatic rings. The predicted molar refractivity (Wildman–Crippen MR) is 80.6 cm³/mol. The van der Waals surface area contributed by atoms with E-state index in [2.05, 4.69) is 0 Å². The van der Waals surface area contributed by atoms with Crippen molar-refractivity contribution in [2.24, 2.45) is 0 Å². The van der Waals surface area contributed by atoms with Gasteiger partial charge >= 0.3 is 0 Å². The molecule has 0 spiro atoms. The molecule has 100 valence electrons. The summed E-state index contributed by atoms with van der Waals surface area (Å²) >= 11 is 7.71. The van der Waals surface area contributed by atoms with Gasteiger partial charge in [-0.3, -0.25) is 4.79 Å². The molecule has 1 heterocycles. The van der Waals surface area contributed by atoms with Crippen LogP contribution < -0.4 is 5.73 Å². The summed E-state index contributed by atoms with van der Waals surface area (Å²) in [4.78, 5) is 15.4. The third-order valence-corrected chi connectivity index (χ3v) is 4.01. The van der Waals surface area contributed by atoms with Crippen molar-refractivity contribution in [1.82, 2.24) is 4.90 Å². The van der Waals surface area contributed by atoms with Gasteiger partial charge in [0, 0.05) is 17.1 Å². The van der Waals surface area contributed by atoms with Crippen LogP contribution in [0.2, 0.25) is 5.02 Å². The Morgan fingerprint density at radius 3 is 2.84 bits per heavy atom. The SMILES string of the molecule is CCN(Cc1cccs1)C(=O)c1cc(N)ccc1Cl. The second-order valence-corrected chi connectivity index (χ2v) is 5.58. The predicted octanol–water partition coefficient (Wildman–Crippen LogP) is 3.65. The topological polar surface area (TPSA) is 46.3 Å². The second-order valence-electron chi connectivity index (χ2n) is 4.14. The van der Waals surface area contributed by atoms with Crippen molar-refractivity contribution in [2.45, 2.75) is 13.5 Å². The van der Waals surface area contributed by atoms with Gasteiger partial charge in [0.15, 0.2) is 0 Å². The highest BCUT2D eigenvalue weighted by Gasteiger charge is 2.18. The number of carbonyl (C=O) groups is 1. The number of nitrogens with zero attached hydrogens (tertiary/aromatic N) is 1. The molecule has 0 bridgehead atoms. The van der Waals surface area contributed by atoms with E-state index in [0.29, 0.717) is 29.4 Å². The van der Waals surface area contributed by atoms with Crippen molar-refractivity contribution >= 4 is 34.5 Å². The molecule has 0 saturated carbocycles. The van der Waals surface area contributed by atoms with Crippen LogP contribution in [0.1, 0.15) is 22.2 Å². The van der Waals surface area contributed by atoms with Gasteiger partial charge in [-0.05, 0) is 36.6 Å². The number of benzene rings is 1. The van der Waals surface area contributed by atoms with Gasteiger partial charge in [-0.15, -0.1) is 11.3 Å². The first kappa shape index (κ1) is 13.9. The molecule has 0 aliphatic heterocycles. The molecular formula is C14H15ClN2OS. The normalized spacial score (nSPS) is 10.4. The van der Waals surface area contributed by atoms with Crippen LogP contribution in [0.3, 0.4) is 0 Å². The number of thiophene rings is 1. The third kappa shape index (κ3) is 3.28. The Balaban J connectivity index is 2.23. The van der Waals surface area contributed by atoms with Crippen LogP contribution in [0.15, 0.2) is 35.7 Å². The fourth-order valence-corrected chi connectivity index (χ4v) is 2.71. The summed E-state index contributed by atoms with van der Waals surface area (Å²) in [6, 6.07) is 8.97. The Morgan fingerprint density at radius 2 is 2.21 bits per heavy atom. The smallest absolute Gasteiger partial charge is 0.255 e. The second kappa shape index (κ2) is 6.08. The quantitative estimate of drug-likeness (QED) is 0.875. The minimum Gasteiger partial charge on any atom is -0.399 e. The number of rotatable bonds is 4. The van der Waals surface area contributed by atoms with E-state index >= 15 is 0 Å². The minimum atomic E-state index is -0.0896. The van der Waals surface area contributed by atoms with Gasteiger partial charge in [0.05, 0.1) is 17.1 Å². The number of nitrogen functional groups attached to an aromatic ring is 1.